The maximum Gasteiger partial charge on any atom is 0.0816 e. The summed E-state index contributed by atoms with van der Waals surface area (Å²) in [6.07, 6.45) is 0. The van der Waals surface area contributed by atoms with E-state index in [-0.39, 0.29) is 0 Å². The predicted octanol–water partition coefficient (Wildman–Crippen LogP) is 26.8. The van der Waals surface area contributed by atoms with Crippen molar-refractivity contribution < 1.29 is 0 Å². The first-order chi connectivity index (χ1) is 54.6. The van der Waals surface area contributed by atoms with Gasteiger partial charge in [0.2, 0.25) is 0 Å². The Morgan fingerprint density at radius 1 is 0.145 bits per heavy atom. The summed E-state index contributed by atoms with van der Waals surface area (Å²) in [6.45, 7) is 0. The van der Waals surface area contributed by atoms with Crippen LogP contribution in [0.4, 0.5) is 22.7 Å². The third-order valence-corrected chi connectivity index (χ3v) is 22.0. The number of rotatable bonds is 8. The minimum atomic E-state index is 0.886. The third kappa shape index (κ3) is 10.6. The third-order valence-electron chi connectivity index (χ3n) is 22.0. The highest BCUT2D eigenvalue weighted by Crippen LogP contribution is 2.47. The van der Waals surface area contributed by atoms with Crippen LogP contribution in [0.15, 0.2) is 420 Å². The van der Waals surface area contributed by atoms with Crippen molar-refractivity contribution in [1.82, 2.24) is 9.13 Å². The van der Waals surface area contributed by atoms with Crippen LogP contribution in [0.3, 0.4) is 0 Å². The Labute approximate surface area is 635 Å². The van der Waals surface area contributed by atoms with Gasteiger partial charge in [0.25, 0.3) is 0 Å². The molecule has 0 radical (unpaired) electrons. The molecule has 18 aromatic carbocycles. The van der Waals surface area contributed by atoms with E-state index in [1.54, 1.807) is 0 Å². The highest BCUT2D eigenvalue weighted by atomic mass is 15.0. The molecule has 6 nitrogen and oxygen atoms in total. The molecule has 6 heteroatoms. The van der Waals surface area contributed by atoms with Gasteiger partial charge in [-0.2, -0.15) is 0 Å². The Hall–Kier alpha value is -14.7. The molecule has 0 bridgehead atoms. The van der Waals surface area contributed by atoms with Gasteiger partial charge in [-0.05, 0) is 138 Å². The van der Waals surface area contributed by atoms with Crippen LogP contribution in [0.2, 0.25) is 0 Å². The largest absolute Gasteiger partial charge is 0.309 e. The van der Waals surface area contributed by atoms with Gasteiger partial charge in [0.15, 0.2) is 0 Å². The minimum absolute atomic E-state index is 0.886. The minimum Gasteiger partial charge on any atom is -0.309 e. The average molecular weight is 1400 g/mol. The van der Waals surface area contributed by atoms with E-state index in [9.17, 15) is 0 Å². The lowest BCUT2D eigenvalue weighted by molar-refractivity contribution is 1.18. The van der Waals surface area contributed by atoms with Crippen LogP contribution in [-0.2, 0) is 0 Å². The van der Waals surface area contributed by atoms with Crippen LogP contribution in [-0.4, -0.2) is 32.0 Å². The van der Waals surface area contributed by atoms with E-state index in [1.807, 2.05) is 0 Å². The Morgan fingerprint density at radius 3 is 0.636 bits per heavy atom. The summed E-state index contributed by atoms with van der Waals surface area (Å²) in [5.41, 5.74) is 27.3. The molecule has 0 saturated carbocycles. The topological polar surface area (TPSA) is 59.3 Å². The number of hydrogen-bond acceptors (Lipinski definition) is 4. The van der Waals surface area contributed by atoms with E-state index in [1.165, 1.54) is 87.4 Å². The number of benzene rings is 18. The molecule has 0 amide bonds. The maximum atomic E-state index is 5.75. The number of hydrogen-bond donors (Lipinski definition) is 0. The quantitative estimate of drug-likeness (QED) is 0.136. The summed E-state index contributed by atoms with van der Waals surface area (Å²) in [6, 6.07) is 143. The van der Waals surface area contributed by atoms with Crippen LogP contribution >= 0.6 is 0 Å². The first-order valence-electron chi connectivity index (χ1n) is 37.5. The number of aromatic nitrogens is 2. The zero-order valence-corrected chi connectivity index (χ0v) is 59.8. The Bertz CT molecular complexity index is 6580. The van der Waals surface area contributed by atoms with Crippen molar-refractivity contribution in [3.05, 3.63) is 445 Å². The van der Waals surface area contributed by atoms with Crippen molar-refractivity contribution in [2.24, 2.45) is 20.0 Å². The molecule has 22 rings (SSSR count). The first-order valence-corrected chi connectivity index (χ1v) is 37.5. The molecule has 2 aliphatic rings. The summed E-state index contributed by atoms with van der Waals surface area (Å²) in [5, 5.41) is 14.4. The molecule has 2 aliphatic heterocycles. The highest BCUT2D eigenvalue weighted by Gasteiger charge is 2.29. The van der Waals surface area contributed by atoms with Gasteiger partial charge in [0, 0.05) is 77.4 Å². The average Bonchev–Trinajstić information content (AvgIpc) is 1.12. The molecular formula is C104H66N6. The molecule has 0 N–H and O–H groups in total. The van der Waals surface area contributed by atoms with Gasteiger partial charge < -0.3 is 9.13 Å². The first kappa shape index (κ1) is 63.7. The van der Waals surface area contributed by atoms with Gasteiger partial charge in [0.05, 0.1) is 67.7 Å². The second-order valence-corrected chi connectivity index (χ2v) is 28.2. The number of nitrogens with zero attached hydrogens (tertiary/aromatic N) is 6. The molecule has 20 aromatic rings. The van der Waals surface area contributed by atoms with Gasteiger partial charge in [-0.3, -0.25) is 0 Å². The van der Waals surface area contributed by atoms with Gasteiger partial charge in [-0.1, -0.05) is 328 Å². The van der Waals surface area contributed by atoms with Crippen molar-refractivity contribution in [3.8, 4) is 33.6 Å². The van der Waals surface area contributed by atoms with E-state index in [2.05, 4.69) is 410 Å². The van der Waals surface area contributed by atoms with Crippen molar-refractivity contribution in [2.75, 3.05) is 0 Å². The molecule has 0 atom stereocenters. The summed E-state index contributed by atoms with van der Waals surface area (Å²) >= 11 is 0. The highest BCUT2D eigenvalue weighted by molar-refractivity contribution is 6.36. The molecule has 0 spiro atoms. The second kappa shape index (κ2) is 26.7. The molecule has 512 valence electrons. The van der Waals surface area contributed by atoms with Crippen LogP contribution in [0.1, 0.15) is 44.5 Å². The Kier molecular flexibility index (Phi) is 15.5. The lowest BCUT2D eigenvalue weighted by Gasteiger charge is -2.23. The Morgan fingerprint density at radius 2 is 0.355 bits per heavy atom. The molecule has 0 fully saturated rings. The van der Waals surface area contributed by atoms with E-state index in [0.717, 1.165) is 123 Å². The second-order valence-electron chi connectivity index (χ2n) is 28.2. The number of para-hydroxylation sites is 8. The summed E-state index contributed by atoms with van der Waals surface area (Å²) in [5.74, 6) is 0. The fraction of sp³-hybridized carbons (Fsp3) is 0. The van der Waals surface area contributed by atoms with E-state index < -0.39 is 0 Å². The van der Waals surface area contributed by atoms with Crippen LogP contribution in [0.5, 0.6) is 0 Å². The van der Waals surface area contributed by atoms with E-state index >= 15 is 0 Å². The lowest BCUT2D eigenvalue weighted by Crippen LogP contribution is -2.12. The smallest absolute Gasteiger partial charge is 0.0816 e. The van der Waals surface area contributed by atoms with Crippen LogP contribution in [0.25, 0.3) is 120 Å². The summed E-state index contributed by atoms with van der Waals surface area (Å²) in [4.78, 5) is 22.4. The normalized spacial score (nSPS) is 12.6. The van der Waals surface area contributed by atoms with Crippen molar-refractivity contribution >= 4 is 132 Å². The van der Waals surface area contributed by atoms with Gasteiger partial charge >= 0.3 is 0 Å². The standard InChI is InChI=1S/C54H34N2.C50H32N4/c1-3-19-35(20-4-1)49-37-23-7-11-27-41(37)51(42-28-12-8-24-38(42)49)53-45-31-15-17-33-47(45)56-54(46-32-16-18-34-48(46)55-53)52-43-29-13-9-25-39(43)50(36-21-5-2-6-22-36)40-26-10-14-30-44(40)52;1-7-19-43-41(17-1)49(33-25-29-35(30-26-33)53-45-21-9-3-13-37(45)38-14-4-10-22-46(38)53)52-44-20-8-2-18-42(44)50(51-43)34-27-31-36(32-28-34)54-47-23-11-5-15-39(47)40-16-6-12-24-48(40)54/h1-34H;1-32H. The molecule has 0 aliphatic carbocycles. The summed E-state index contributed by atoms with van der Waals surface area (Å²) in [7, 11) is 0. The van der Waals surface area contributed by atoms with Crippen LogP contribution in [0, 0.1) is 0 Å². The monoisotopic (exact) mass is 1400 g/mol. The van der Waals surface area contributed by atoms with Gasteiger partial charge in [0.1, 0.15) is 0 Å². The Balaban J connectivity index is 0.000000140. The summed E-state index contributed by atoms with van der Waals surface area (Å²) < 4.78 is 4.70. The van der Waals surface area contributed by atoms with Crippen molar-refractivity contribution in [2.45, 2.75) is 0 Å². The predicted molar refractivity (Wildman–Crippen MR) is 462 cm³/mol. The molecule has 0 unspecified atom stereocenters. The fourth-order valence-corrected chi connectivity index (χ4v) is 17.2. The zero-order valence-electron chi connectivity index (χ0n) is 59.8. The number of fused-ring (bicyclic) bond motifs is 14. The van der Waals surface area contributed by atoms with E-state index in [4.69, 9.17) is 20.0 Å². The van der Waals surface area contributed by atoms with Crippen molar-refractivity contribution in [1.29, 1.82) is 0 Å². The molecule has 110 heavy (non-hydrogen) atoms. The fourth-order valence-electron chi connectivity index (χ4n) is 17.2. The van der Waals surface area contributed by atoms with E-state index in [0.29, 0.717) is 0 Å². The molecule has 0 saturated heterocycles. The molecule has 2 aromatic heterocycles. The maximum absolute atomic E-state index is 5.75. The molecular weight excluding hydrogens is 1330 g/mol. The molecule has 4 heterocycles. The number of aliphatic imine (C=N–C) groups is 4. The zero-order chi connectivity index (χ0) is 72.6. The SMILES string of the molecule is c1ccc(-c2c3ccccc3c(C3=Nc4ccccc4C(c4c5ccccc5c(-c5ccccc5)c5ccccc45)=Nc4ccccc43)c3ccccc23)cc1.c1ccc2c(c1)N=C(c1ccc(-n3c4ccccc4c4ccccc43)cc1)c1ccccc1N=C2c1ccc(-n2c3ccccc3c3ccccc32)cc1. The van der Waals surface area contributed by atoms with Gasteiger partial charge in [-0.25, -0.2) is 20.0 Å². The van der Waals surface area contributed by atoms with Crippen LogP contribution < -0.4 is 0 Å². The lowest BCUT2D eigenvalue weighted by atomic mass is 9.84. The van der Waals surface area contributed by atoms with Crippen molar-refractivity contribution in [3.63, 3.8) is 0 Å². The van der Waals surface area contributed by atoms with Gasteiger partial charge in [-0.15, -0.1) is 0 Å².